The molecule has 14 heteroatoms. The van der Waals surface area contributed by atoms with Crippen molar-refractivity contribution in [3.8, 4) is 11.5 Å². The van der Waals surface area contributed by atoms with Gasteiger partial charge in [0.05, 0.1) is 31.5 Å². The van der Waals surface area contributed by atoms with E-state index < -0.39 is 28.7 Å². The lowest BCUT2D eigenvalue weighted by atomic mass is 10.1. The van der Waals surface area contributed by atoms with Gasteiger partial charge < -0.3 is 14.8 Å². The molecule has 1 aliphatic heterocycles. The van der Waals surface area contributed by atoms with Crippen molar-refractivity contribution in [2.75, 3.05) is 23.4 Å². The maximum atomic E-state index is 13.2. The Morgan fingerprint density at radius 1 is 1.12 bits per heavy atom. The smallest absolute Gasteiger partial charge is 0.335 e. The summed E-state index contributed by atoms with van der Waals surface area (Å²) in [5.41, 5.74) is -0.0155. The quantitative estimate of drug-likeness (QED) is 0.105. The number of rotatable bonds is 9. The van der Waals surface area contributed by atoms with Gasteiger partial charge in [-0.15, -0.1) is 0 Å². The van der Waals surface area contributed by atoms with E-state index in [4.69, 9.17) is 21.1 Å². The molecule has 3 aromatic rings. The topological polar surface area (TPSA) is 157 Å². The molecule has 0 atom stereocenters. The molecule has 4 rings (SSSR count). The lowest BCUT2D eigenvalue weighted by Gasteiger charge is -2.26. The second-order valence-electron chi connectivity index (χ2n) is 8.31. The van der Waals surface area contributed by atoms with Gasteiger partial charge in [0, 0.05) is 12.1 Å². The Bertz CT molecular complexity index is 1610. The van der Waals surface area contributed by atoms with Gasteiger partial charge in [-0.2, -0.15) is 0 Å². The Morgan fingerprint density at radius 3 is 2.59 bits per heavy atom. The number of carbonyl (C=O) groups excluding carboxylic acids is 4. The molecule has 0 unspecified atom stereocenters. The van der Waals surface area contributed by atoms with E-state index in [2.05, 4.69) is 10.6 Å². The van der Waals surface area contributed by atoms with Crippen molar-refractivity contribution in [2.45, 2.75) is 6.92 Å². The Balaban J connectivity index is 1.60. The van der Waals surface area contributed by atoms with E-state index in [1.807, 2.05) is 22.6 Å². The number of nitro groups is 1. The zero-order valence-corrected chi connectivity index (χ0v) is 24.1. The van der Waals surface area contributed by atoms with Gasteiger partial charge in [0.1, 0.15) is 5.57 Å². The average molecular weight is 691 g/mol. The van der Waals surface area contributed by atoms with Crippen LogP contribution in [0.5, 0.6) is 11.5 Å². The highest BCUT2D eigenvalue weighted by Gasteiger charge is 2.37. The van der Waals surface area contributed by atoms with E-state index in [0.717, 1.165) is 6.07 Å². The number of benzene rings is 3. The minimum atomic E-state index is -1.04. The number of imide groups is 2. The monoisotopic (exact) mass is 690 g/mol. The number of urea groups is 1. The van der Waals surface area contributed by atoms with E-state index in [0.29, 0.717) is 24.7 Å². The van der Waals surface area contributed by atoms with Crippen LogP contribution < -0.4 is 25.0 Å². The summed E-state index contributed by atoms with van der Waals surface area (Å²) in [6, 6.07) is 13.7. The minimum Gasteiger partial charge on any atom is -0.490 e. The molecule has 0 saturated carbocycles. The van der Waals surface area contributed by atoms with Gasteiger partial charge in [-0.25, -0.2) is 9.69 Å². The number of nitrogens with zero attached hydrogens (tertiary/aromatic N) is 2. The van der Waals surface area contributed by atoms with Crippen molar-refractivity contribution in [1.82, 2.24) is 5.32 Å². The first-order valence-corrected chi connectivity index (χ1v) is 13.3. The zero-order chi connectivity index (χ0) is 29.7. The number of amides is 5. The number of carbonyl (C=O) groups is 4. The van der Waals surface area contributed by atoms with Crippen molar-refractivity contribution in [3.05, 3.63) is 90.5 Å². The van der Waals surface area contributed by atoms with E-state index in [-0.39, 0.29) is 41.7 Å². The fraction of sp³-hybridized carbons (Fsp3) is 0.111. The molecule has 1 fully saturated rings. The van der Waals surface area contributed by atoms with Crippen LogP contribution in [0.1, 0.15) is 12.5 Å². The number of nitrogens with one attached hydrogen (secondary N) is 2. The molecule has 0 aromatic heterocycles. The summed E-state index contributed by atoms with van der Waals surface area (Å²) in [5.74, 6) is -1.86. The van der Waals surface area contributed by atoms with Gasteiger partial charge in [-0.1, -0.05) is 29.8 Å². The van der Waals surface area contributed by atoms with Crippen LogP contribution in [0.15, 0.2) is 66.2 Å². The van der Waals surface area contributed by atoms with Crippen LogP contribution in [0.2, 0.25) is 5.02 Å². The van der Waals surface area contributed by atoms with Crippen molar-refractivity contribution in [1.29, 1.82) is 0 Å². The normalized spacial score (nSPS) is 14.1. The molecule has 12 nitrogen and oxygen atoms in total. The van der Waals surface area contributed by atoms with Crippen LogP contribution in [0, 0.1) is 13.7 Å². The Morgan fingerprint density at radius 2 is 1.88 bits per heavy atom. The molecule has 0 radical (unpaired) electrons. The van der Waals surface area contributed by atoms with Gasteiger partial charge in [0.2, 0.25) is 0 Å². The van der Waals surface area contributed by atoms with E-state index >= 15 is 0 Å². The summed E-state index contributed by atoms with van der Waals surface area (Å²) >= 11 is 8.04. The number of hydrogen-bond acceptors (Lipinski definition) is 8. The first kappa shape index (κ1) is 29.5. The van der Waals surface area contributed by atoms with Crippen molar-refractivity contribution in [2.24, 2.45) is 0 Å². The molecule has 5 amide bonds. The van der Waals surface area contributed by atoms with E-state index in [9.17, 15) is 29.3 Å². The highest BCUT2D eigenvalue weighted by Crippen LogP contribution is 2.35. The van der Waals surface area contributed by atoms with Crippen LogP contribution in [0.25, 0.3) is 6.08 Å². The molecule has 210 valence electrons. The lowest BCUT2D eigenvalue weighted by molar-refractivity contribution is -0.384. The van der Waals surface area contributed by atoms with Gasteiger partial charge in [0.25, 0.3) is 23.4 Å². The third-order valence-corrected chi connectivity index (χ3v) is 6.67. The number of ether oxygens (including phenoxy) is 2. The molecule has 0 spiro atoms. The van der Waals surface area contributed by atoms with E-state index in [1.54, 1.807) is 37.3 Å². The highest BCUT2D eigenvalue weighted by molar-refractivity contribution is 14.1. The molecular formula is C27H20ClIN4O8. The SMILES string of the molecule is CCOc1cc(/C=C2/C(=O)NC(=O)N(c3cccc([N+](=O)[O-])c3)C2=O)cc(I)c1OCC(=O)Nc1ccccc1Cl. The predicted molar refractivity (Wildman–Crippen MR) is 158 cm³/mol. The average Bonchev–Trinajstić information content (AvgIpc) is 2.92. The van der Waals surface area contributed by atoms with Gasteiger partial charge in [0.15, 0.2) is 18.1 Å². The molecule has 0 bridgehead atoms. The van der Waals surface area contributed by atoms with Gasteiger partial charge in [-0.05, 0) is 71.5 Å². The van der Waals surface area contributed by atoms with Gasteiger partial charge >= 0.3 is 6.03 Å². The molecule has 2 N–H and O–H groups in total. The summed E-state index contributed by atoms with van der Waals surface area (Å²) in [6.07, 6.45) is 1.26. The molecule has 0 aliphatic carbocycles. The van der Waals surface area contributed by atoms with Crippen LogP contribution >= 0.6 is 34.2 Å². The van der Waals surface area contributed by atoms with Crippen molar-refractivity contribution >= 4 is 81.1 Å². The minimum absolute atomic E-state index is 0.0801. The first-order valence-electron chi connectivity index (χ1n) is 11.9. The number of barbiturate groups is 1. The van der Waals surface area contributed by atoms with Crippen LogP contribution in [-0.4, -0.2) is 41.9 Å². The Kier molecular flexibility index (Phi) is 9.19. The fourth-order valence-corrected chi connectivity index (χ4v) is 4.73. The number of para-hydroxylation sites is 1. The van der Waals surface area contributed by atoms with Crippen molar-refractivity contribution in [3.63, 3.8) is 0 Å². The van der Waals surface area contributed by atoms with Crippen LogP contribution in [0.4, 0.5) is 21.9 Å². The van der Waals surface area contributed by atoms with E-state index in [1.165, 1.54) is 30.3 Å². The lowest BCUT2D eigenvalue weighted by Crippen LogP contribution is -2.54. The maximum Gasteiger partial charge on any atom is 0.335 e. The Labute approximate surface area is 251 Å². The van der Waals surface area contributed by atoms with Gasteiger partial charge in [-0.3, -0.25) is 29.8 Å². The summed E-state index contributed by atoms with van der Waals surface area (Å²) in [5, 5.41) is 16.3. The summed E-state index contributed by atoms with van der Waals surface area (Å²) in [6.45, 7) is 1.63. The third kappa shape index (κ3) is 6.81. The first-order chi connectivity index (χ1) is 19.6. The highest BCUT2D eigenvalue weighted by atomic mass is 127. The number of nitro benzene ring substituents is 1. The molecule has 3 aromatic carbocycles. The molecule has 1 heterocycles. The summed E-state index contributed by atoms with van der Waals surface area (Å²) in [4.78, 5) is 61.9. The number of non-ortho nitro benzene ring substituents is 1. The molecule has 1 aliphatic rings. The second-order valence-corrected chi connectivity index (χ2v) is 9.88. The molecule has 1 saturated heterocycles. The summed E-state index contributed by atoms with van der Waals surface area (Å²) < 4.78 is 11.9. The molecular weight excluding hydrogens is 671 g/mol. The predicted octanol–water partition coefficient (Wildman–Crippen LogP) is 4.94. The van der Waals surface area contributed by atoms with Crippen LogP contribution in [0.3, 0.4) is 0 Å². The second kappa shape index (κ2) is 12.8. The fourth-order valence-electron chi connectivity index (χ4n) is 3.77. The van der Waals surface area contributed by atoms with Crippen molar-refractivity contribution < 1.29 is 33.6 Å². The zero-order valence-electron chi connectivity index (χ0n) is 21.2. The standard InChI is InChI=1S/C27H20ClIN4O8/c1-2-40-22-12-15(11-20(29)24(22)41-14-23(34)30-21-9-4-3-8-19(21)28)10-18-25(35)31-27(37)32(26(18)36)16-6-5-7-17(13-16)33(38)39/h3-13H,2,14H2,1H3,(H,30,34)(H,31,35,37)/b18-10-. The number of hydrogen-bond donors (Lipinski definition) is 2. The molecule has 41 heavy (non-hydrogen) atoms. The largest absolute Gasteiger partial charge is 0.490 e. The number of anilines is 2. The third-order valence-electron chi connectivity index (χ3n) is 5.54. The maximum absolute atomic E-state index is 13.2. The Hall–Kier alpha value is -4.50. The van der Waals surface area contributed by atoms with Crippen LogP contribution in [-0.2, 0) is 14.4 Å². The summed E-state index contributed by atoms with van der Waals surface area (Å²) in [7, 11) is 0. The number of halogens is 2.